The molecule has 3 rings (SSSR count). The molecule has 0 radical (unpaired) electrons. The summed E-state index contributed by atoms with van der Waals surface area (Å²) in [7, 11) is 0. The molecule has 0 saturated carbocycles. The zero-order valence-electron chi connectivity index (χ0n) is 15.8. The highest BCUT2D eigenvalue weighted by Gasteiger charge is 2.20. The zero-order chi connectivity index (χ0) is 19.9. The van der Waals surface area contributed by atoms with E-state index in [2.05, 4.69) is 5.32 Å². The predicted octanol–water partition coefficient (Wildman–Crippen LogP) is 6.24. The van der Waals surface area contributed by atoms with Crippen LogP contribution in [0.1, 0.15) is 18.9 Å². The molecule has 3 aromatic rings. The summed E-state index contributed by atoms with van der Waals surface area (Å²) < 4.78 is 11.8. The lowest BCUT2D eigenvalue weighted by molar-refractivity contribution is -0.122. The molecule has 0 heterocycles. The molecule has 144 valence electrons. The van der Waals surface area contributed by atoms with Crippen LogP contribution < -0.4 is 14.8 Å². The molecule has 0 saturated heterocycles. The van der Waals surface area contributed by atoms with Crippen molar-refractivity contribution in [3.63, 3.8) is 0 Å². The number of benzene rings is 3. The van der Waals surface area contributed by atoms with Gasteiger partial charge >= 0.3 is 0 Å². The van der Waals surface area contributed by atoms with E-state index in [9.17, 15) is 4.79 Å². The number of anilines is 1. The molecular formula is C23H22ClNO3. The second-order valence-electron chi connectivity index (χ2n) is 6.38. The highest BCUT2D eigenvalue weighted by molar-refractivity contribution is 6.31. The van der Waals surface area contributed by atoms with Gasteiger partial charge in [0.1, 0.15) is 11.5 Å². The first-order valence-electron chi connectivity index (χ1n) is 9.12. The van der Waals surface area contributed by atoms with E-state index in [4.69, 9.17) is 21.1 Å². The molecule has 1 unspecified atom stereocenters. The minimum atomic E-state index is -0.634. The van der Waals surface area contributed by atoms with Gasteiger partial charge in [0.05, 0.1) is 5.69 Å². The summed E-state index contributed by atoms with van der Waals surface area (Å²) in [5, 5.41) is 3.39. The Morgan fingerprint density at radius 3 is 2.46 bits per heavy atom. The molecule has 0 fully saturated rings. The molecule has 1 N–H and O–H groups in total. The van der Waals surface area contributed by atoms with Crippen LogP contribution in [0.2, 0.25) is 5.02 Å². The molecule has 0 aliphatic carbocycles. The first-order chi connectivity index (χ1) is 13.5. The van der Waals surface area contributed by atoms with Crippen LogP contribution >= 0.6 is 11.6 Å². The summed E-state index contributed by atoms with van der Waals surface area (Å²) in [5.41, 5.74) is 1.56. The molecule has 1 atom stereocenters. The van der Waals surface area contributed by atoms with Crippen molar-refractivity contribution in [2.24, 2.45) is 0 Å². The molecule has 1 amide bonds. The molecular weight excluding hydrogens is 374 g/mol. The zero-order valence-corrected chi connectivity index (χ0v) is 16.6. The van der Waals surface area contributed by atoms with Gasteiger partial charge in [-0.3, -0.25) is 4.79 Å². The minimum absolute atomic E-state index is 0.260. The lowest BCUT2D eigenvalue weighted by atomic mass is 10.2. The van der Waals surface area contributed by atoms with Crippen LogP contribution in [-0.4, -0.2) is 12.0 Å². The van der Waals surface area contributed by atoms with Gasteiger partial charge in [-0.2, -0.15) is 0 Å². The molecule has 0 aliphatic heterocycles. The minimum Gasteiger partial charge on any atom is -0.481 e. The average Bonchev–Trinajstić information content (AvgIpc) is 2.69. The number of ether oxygens (including phenoxy) is 2. The first kappa shape index (κ1) is 19.8. The molecule has 3 aromatic carbocycles. The van der Waals surface area contributed by atoms with Crippen molar-refractivity contribution < 1.29 is 14.3 Å². The Morgan fingerprint density at radius 1 is 1.00 bits per heavy atom. The summed E-state index contributed by atoms with van der Waals surface area (Å²) in [6.07, 6.45) is -0.111. The Labute approximate surface area is 170 Å². The van der Waals surface area contributed by atoms with E-state index in [1.54, 1.807) is 18.2 Å². The van der Waals surface area contributed by atoms with E-state index in [1.165, 1.54) is 0 Å². The van der Waals surface area contributed by atoms with Crippen LogP contribution in [0.4, 0.5) is 5.69 Å². The number of amides is 1. The van der Waals surface area contributed by atoms with Crippen LogP contribution in [-0.2, 0) is 4.79 Å². The first-order valence-corrected chi connectivity index (χ1v) is 9.49. The standard InChI is InChI=1S/C23H22ClNO3/c1-3-21(28-19-11-7-8-16(2)14-19)23(26)25-20-15-17(24)12-13-22(20)27-18-9-5-4-6-10-18/h4-15,21H,3H2,1-2H3,(H,25,26). The molecule has 0 aliphatic rings. The Balaban J connectivity index is 1.77. The number of hydrogen-bond donors (Lipinski definition) is 1. The number of carbonyl (C=O) groups is 1. The van der Waals surface area contributed by atoms with Crippen LogP contribution in [0, 0.1) is 6.92 Å². The van der Waals surface area contributed by atoms with E-state index in [1.807, 2.05) is 68.4 Å². The quantitative estimate of drug-likeness (QED) is 0.515. The van der Waals surface area contributed by atoms with Gasteiger partial charge in [-0.25, -0.2) is 0 Å². The number of nitrogens with one attached hydrogen (secondary N) is 1. The van der Waals surface area contributed by atoms with E-state index < -0.39 is 6.10 Å². The third kappa shape index (κ3) is 5.27. The smallest absolute Gasteiger partial charge is 0.265 e. The van der Waals surface area contributed by atoms with E-state index in [0.717, 1.165) is 5.56 Å². The van der Waals surface area contributed by atoms with Gasteiger partial charge in [-0.1, -0.05) is 48.9 Å². The fraction of sp³-hybridized carbons (Fsp3) is 0.174. The molecule has 28 heavy (non-hydrogen) atoms. The molecule has 5 heteroatoms. The van der Waals surface area contributed by atoms with Gasteiger partial charge < -0.3 is 14.8 Å². The summed E-state index contributed by atoms with van der Waals surface area (Å²) in [4.78, 5) is 12.8. The summed E-state index contributed by atoms with van der Waals surface area (Å²) in [5.74, 6) is 1.58. The molecule has 4 nitrogen and oxygen atoms in total. The fourth-order valence-electron chi connectivity index (χ4n) is 2.69. The maximum absolute atomic E-state index is 12.8. The molecule has 0 aromatic heterocycles. The van der Waals surface area contributed by atoms with Gasteiger partial charge in [-0.05, 0) is 61.4 Å². The van der Waals surface area contributed by atoms with Gasteiger partial charge in [-0.15, -0.1) is 0 Å². The van der Waals surface area contributed by atoms with Crippen molar-refractivity contribution in [1.82, 2.24) is 0 Å². The molecule has 0 spiro atoms. The van der Waals surface area contributed by atoms with Crippen molar-refractivity contribution in [3.05, 3.63) is 83.4 Å². The maximum atomic E-state index is 12.8. The topological polar surface area (TPSA) is 47.6 Å². The number of halogens is 1. The molecule has 0 bridgehead atoms. The number of para-hydroxylation sites is 1. The summed E-state index contributed by atoms with van der Waals surface area (Å²) in [6.45, 7) is 3.88. The summed E-state index contributed by atoms with van der Waals surface area (Å²) >= 11 is 6.13. The Kier molecular flexibility index (Phi) is 6.56. The van der Waals surface area contributed by atoms with Crippen molar-refractivity contribution in [2.75, 3.05) is 5.32 Å². The van der Waals surface area contributed by atoms with Crippen LogP contribution in [0.5, 0.6) is 17.2 Å². The average molecular weight is 396 g/mol. The van der Waals surface area contributed by atoms with E-state index >= 15 is 0 Å². The van der Waals surface area contributed by atoms with Crippen LogP contribution in [0.25, 0.3) is 0 Å². The van der Waals surface area contributed by atoms with Gasteiger partial charge in [0.25, 0.3) is 5.91 Å². The highest BCUT2D eigenvalue weighted by Crippen LogP contribution is 2.32. The monoisotopic (exact) mass is 395 g/mol. The summed E-state index contributed by atoms with van der Waals surface area (Å²) in [6, 6.07) is 22.1. The normalized spacial score (nSPS) is 11.5. The van der Waals surface area contributed by atoms with Crippen molar-refractivity contribution in [2.45, 2.75) is 26.4 Å². The third-order valence-electron chi connectivity index (χ3n) is 4.10. The van der Waals surface area contributed by atoms with Crippen LogP contribution in [0.15, 0.2) is 72.8 Å². The Hall–Kier alpha value is -2.98. The van der Waals surface area contributed by atoms with Gasteiger partial charge in [0, 0.05) is 5.02 Å². The second-order valence-corrected chi connectivity index (χ2v) is 6.81. The number of carbonyl (C=O) groups excluding carboxylic acids is 1. The lowest BCUT2D eigenvalue weighted by Crippen LogP contribution is -2.32. The van der Waals surface area contributed by atoms with Gasteiger partial charge in [0.15, 0.2) is 11.9 Å². The number of rotatable bonds is 7. The van der Waals surface area contributed by atoms with Crippen molar-refractivity contribution >= 4 is 23.2 Å². The number of hydrogen-bond acceptors (Lipinski definition) is 3. The SMILES string of the molecule is CCC(Oc1cccc(C)c1)C(=O)Nc1cc(Cl)ccc1Oc1ccccc1. The second kappa shape index (κ2) is 9.29. The van der Waals surface area contributed by atoms with E-state index in [0.29, 0.717) is 34.4 Å². The van der Waals surface area contributed by atoms with Gasteiger partial charge in [0.2, 0.25) is 0 Å². The Bertz CT molecular complexity index is 944. The van der Waals surface area contributed by atoms with Crippen molar-refractivity contribution in [1.29, 1.82) is 0 Å². The lowest BCUT2D eigenvalue weighted by Gasteiger charge is -2.19. The predicted molar refractivity (Wildman–Crippen MR) is 112 cm³/mol. The Morgan fingerprint density at radius 2 is 1.75 bits per heavy atom. The highest BCUT2D eigenvalue weighted by atomic mass is 35.5. The fourth-order valence-corrected chi connectivity index (χ4v) is 2.86. The van der Waals surface area contributed by atoms with Crippen molar-refractivity contribution in [3.8, 4) is 17.2 Å². The van der Waals surface area contributed by atoms with Crippen LogP contribution in [0.3, 0.4) is 0 Å². The third-order valence-corrected chi connectivity index (χ3v) is 4.34. The largest absolute Gasteiger partial charge is 0.481 e. The number of aryl methyl sites for hydroxylation is 1. The van der Waals surface area contributed by atoms with E-state index in [-0.39, 0.29) is 5.91 Å². The maximum Gasteiger partial charge on any atom is 0.265 e.